The van der Waals surface area contributed by atoms with E-state index in [1.54, 1.807) is 27.7 Å². The van der Waals surface area contributed by atoms with Crippen molar-refractivity contribution in [1.82, 2.24) is 5.32 Å². The fourth-order valence-electron chi connectivity index (χ4n) is 3.72. The molecule has 0 bridgehead atoms. The molecule has 0 aliphatic carbocycles. The quantitative estimate of drug-likeness (QED) is 0.409. The van der Waals surface area contributed by atoms with Crippen LogP contribution in [-0.2, 0) is 19.1 Å². The molecule has 0 amide bonds. The van der Waals surface area contributed by atoms with Crippen molar-refractivity contribution < 1.29 is 23.8 Å². The Kier molecular flexibility index (Phi) is 9.59. The average Bonchev–Trinajstić information content (AvgIpc) is 2.73. The molecule has 0 radical (unpaired) electrons. The lowest BCUT2D eigenvalue weighted by atomic mass is 9.80. The van der Waals surface area contributed by atoms with E-state index < -0.39 is 17.9 Å². The SMILES string of the molecule is CCOC(=O)C1=C(C)NC(C)=C(C(=O)OCC)C1c1ccccc1OCCCCCN. The van der Waals surface area contributed by atoms with Gasteiger partial charge in [-0.05, 0) is 59.6 Å². The second kappa shape index (κ2) is 12.2. The number of hydrogen-bond donors (Lipinski definition) is 2. The van der Waals surface area contributed by atoms with Crippen LogP contribution >= 0.6 is 0 Å². The fourth-order valence-corrected chi connectivity index (χ4v) is 3.72. The number of allylic oxidation sites excluding steroid dienone is 2. The van der Waals surface area contributed by atoms with E-state index in [4.69, 9.17) is 19.9 Å². The first-order valence-corrected chi connectivity index (χ1v) is 10.9. The van der Waals surface area contributed by atoms with Crippen molar-refractivity contribution in [2.75, 3.05) is 26.4 Å². The first-order chi connectivity index (χ1) is 15.0. The lowest BCUT2D eigenvalue weighted by Crippen LogP contribution is -2.32. The van der Waals surface area contributed by atoms with Crippen LogP contribution in [0.15, 0.2) is 46.8 Å². The highest BCUT2D eigenvalue weighted by Crippen LogP contribution is 2.42. The van der Waals surface area contributed by atoms with Gasteiger partial charge in [0.1, 0.15) is 5.75 Å². The zero-order valence-corrected chi connectivity index (χ0v) is 19.0. The van der Waals surface area contributed by atoms with Crippen LogP contribution in [0, 0.1) is 0 Å². The summed E-state index contributed by atoms with van der Waals surface area (Å²) < 4.78 is 16.7. The van der Waals surface area contributed by atoms with Crippen molar-refractivity contribution in [3.05, 3.63) is 52.4 Å². The highest BCUT2D eigenvalue weighted by molar-refractivity contribution is 6.00. The van der Waals surface area contributed by atoms with E-state index in [9.17, 15) is 9.59 Å². The summed E-state index contributed by atoms with van der Waals surface area (Å²) in [6.07, 6.45) is 2.80. The highest BCUT2D eigenvalue weighted by atomic mass is 16.5. The van der Waals surface area contributed by atoms with Crippen LogP contribution in [0.1, 0.15) is 58.4 Å². The molecule has 0 unspecified atom stereocenters. The topological polar surface area (TPSA) is 99.9 Å². The summed E-state index contributed by atoms with van der Waals surface area (Å²) in [6, 6.07) is 7.48. The van der Waals surface area contributed by atoms with Gasteiger partial charge in [-0.15, -0.1) is 0 Å². The maximum atomic E-state index is 12.9. The molecule has 170 valence electrons. The predicted molar refractivity (Wildman–Crippen MR) is 119 cm³/mol. The number of rotatable bonds is 11. The molecule has 0 atom stereocenters. The molecule has 2 rings (SSSR count). The number of nitrogens with two attached hydrogens (primary N) is 1. The molecule has 1 aliphatic heterocycles. The van der Waals surface area contributed by atoms with Crippen molar-refractivity contribution in [1.29, 1.82) is 0 Å². The van der Waals surface area contributed by atoms with E-state index in [-0.39, 0.29) is 13.2 Å². The van der Waals surface area contributed by atoms with Crippen molar-refractivity contribution in [2.24, 2.45) is 5.73 Å². The number of nitrogens with one attached hydrogen (secondary N) is 1. The number of ether oxygens (including phenoxy) is 3. The van der Waals surface area contributed by atoms with Gasteiger partial charge in [-0.3, -0.25) is 0 Å². The Morgan fingerprint density at radius 1 is 0.935 bits per heavy atom. The fraction of sp³-hybridized carbons (Fsp3) is 0.500. The van der Waals surface area contributed by atoms with Crippen molar-refractivity contribution in [3.8, 4) is 5.75 Å². The molecule has 0 saturated heterocycles. The molecule has 1 aromatic carbocycles. The summed E-state index contributed by atoms with van der Waals surface area (Å²) >= 11 is 0. The molecule has 1 heterocycles. The van der Waals surface area contributed by atoms with E-state index >= 15 is 0 Å². The Balaban J connectivity index is 2.51. The molecule has 1 aliphatic rings. The number of esters is 2. The molecule has 0 saturated carbocycles. The van der Waals surface area contributed by atoms with Crippen molar-refractivity contribution in [2.45, 2.75) is 52.9 Å². The Hall–Kier alpha value is -2.80. The van der Waals surface area contributed by atoms with Crippen LogP contribution in [0.4, 0.5) is 0 Å². The molecular formula is C24H34N2O5. The van der Waals surface area contributed by atoms with Crippen LogP contribution in [0.3, 0.4) is 0 Å². The zero-order valence-electron chi connectivity index (χ0n) is 19.0. The molecule has 1 aromatic rings. The number of carbonyl (C=O) groups excluding carboxylic acids is 2. The first kappa shape index (κ1) is 24.5. The number of para-hydroxylation sites is 1. The number of hydrogen-bond acceptors (Lipinski definition) is 7. The minimum absolute atomic E-state index is 0.235. The second-order valence-corrected chi connectivity index (χ2v) is 7.31. The Bertz CT molecular complexity index is 804. The zero-order chi connectivity index (χ0) is 22.8. The third-order valence-corrected chi connectivity index (χ3v) is 5.09. The minimum Gasteiger partial charge on any atom is -0.493 e. The summed E-state index contributed by atoms with van der Waals surface area (Å²) in [4.78, 5) is 25.8. The Morgan fingerprint density at radius 3 is 2.06 bits per heavy atom. The van der Waals surface area contributed by atoms with Crippen LogP contribution < -0.4 is 15.8 Å². The Morgan fingerprint density at radius 2 is 1.52 bits per heavy atom. The first-order valence-electron chi connectivity index (χ1n) is 10.9. The normalized spacial score (nSPS) is 14.4. The lowest BCUT2D eigenvalue weighted by Gasteiger charge is -2.31. The van der Waals surface area contributed by atoms with E-state index in [0.717, 1.165) is 24.8 Å². The smallest absolute Gasteiger partial charge is 0.336 e. The Labute approximate surface area is 184 Å². The van der Waals surface area contributed by atoms with Gasteiger partial charge >= 0.3 is 11.9 Å². The summed E-state index contributed by atoms with van der Waals surface area (Å²) in [5.74, 6) is -0.958. The van der Waals surface area contributed by atoms with Gasteiger partial charge in [0.15, 0.2) is 0 Å². The van der Waals surface area contributed by atoms with Crippen molar-refractivity contribution in [3.63, 3.8) is 0 Å². The number of benzene rings is 1. The monoisotopic (exact) mass is 430 g/mol. The summed E-state index contributed by atoms with van der Waals surface area (Å²) in [7, 11) is 0. The molecule has 0 fully saturated rings. The molecule has 0 spiro atoms. The van der Waals surface area contributed by atoms with Gasteiger partial charge in [-0.2, -0.15) is 0 Å². The van der Waals surface area contributed by atoms with Crippen LogP contribution in [0.25, 0.3) is 0 Å². The van der Waals surface area contributed by atoms with Crippen LogP contribution in [0.5, 0.6) is 5.75 Å². The number of dihydropyridines is 1. The highest BCUT2D eigenvalue weighted by Gasteiger charge is 2.39. The van der Waals surface area contributed by atoms with Gasteiger partial charge in [0.2, 0.25) is 0 Å². The summed E-state index contributed by atoms with van der Waals surface area (Å²) in [5.41, 5.74) is 8.35. The van der Waals surface area contributed by atoms with Gasteiger partial charge in [0.05, 0.1) is 36.9 Å². The minimum atomic E-state index is -0.653. The molecular weight excluding hydrogens is 396 g/mol. The molecule has 7 nitrogen and oxygen atoms in total. The second-order valence-electron chi connectivity index (χ2n) is 7.31. The third kappa shape index (κ3) is 6.10. The predicted octanol–water partition coefficient (Wildman–Crippen LogP) is 3.56. The molecule has 7 heteroatoms. The van der Waals surface area contributed by atoms with Gasteiger partial charge in [0, 0.05) is 17.0 Å². The number of unbranched alkanes of at least 4 members (excludes halogenated alkanes) is 2. The van der Waals surface area contributed by atoms with E-state index in [0.29, 0.717) is 41.4 Å². The largest absolute Gasteiger partial charge is 0.493 e. The van der Waals surface area contributed by atoms with Crippen molar-refractivity contribution >= 4 is 11.9 Å². The van der Waals surface area contributed by atoms with E-state index in [2.05, 4.69) is 5.32 Å². The lowest BCUT2D eigenvalue weighted by molar-refractivity contribution is -0.139. The van der Waals surface area contributed by atoms with E-state index in [1.165, 1.54) is 0 Å². The van der Waals surface area contributed by atoms with Gasteiger partial charge in [-0.1, -0.05) is 18.2 Å². The molecule has 31 heavy (non-hydrogen) atoms. The number of carbonyl (C=O) groups is 2. The van der Waals surface area contributed by atoms with Crippen LogP contribution in [0.2, 0.25) is 0 Å². The van der Waals surface area contributed by atoms with Gasteiger partial charge in [-0.25, -0.2) is 9.59 Å². The molecule has 3 N–H and O–H groups in total. The maximum absolute atomic E-state index is 12.9. The van der Waals surface area contributed by atoms with Gasteiger partial charge in [0.25, 0.3) is 0 Å². The average molecular weight is 431 g/mol. The standard InChI is InChI=1S/C24H34N2O5/c1-5-29-23(27)20-16(3)26-17(4)21(24(28)30-6-2)22(20)18-12-8-9-13-19(18)31-15-11-7-10-14-25/h8-9,12-13,22,26H,5-7,10-11,14-15,25H2,1-4H3. The summed E-state index contributed by atoms with van der Waals surface area (Å²) in [6.45, 7) is 8.78. The van der Waals surface area contributed by atoms with Crippen LogP contribution in [-0.4, -0.2) is 38.3 Å². The molecule has 0 aromatic heterocycles. The van der Waals surface area contributed by atoms with E-state index in [1.807, 2.05) is 24.3 Å². The summed E-state index contributed by atoms with van der Waals surface area (Å²) in [5, 5.41) is 3.15. The van der Waals surface area contributed by atoms with Gasteiger partial charge < -0.3 is 25.3 Å². The third-order valence-electron chi connectivity index (χ3n) is 5.09. The maximum Gasteiger partial charge on any atom is 0.336 e.